The van der Waals surface area contributed by atoms with Crippen LogP contribution in [0.2, 0.25) is 0 Å². The van der Waals surface area contributed by atoms with Crippen molar-refractivity contribution in [2.75, 3.05) is 12.3 Å². The lowest BCUT2D eigenvalue weighted by molar-refractivity contribution is 0.254. The van der Waals surface area contributed by atoms with Gasteiger partial charge in [-0.2, -0.15) is 0 Å². The summed E-state index contributed by atoms with van der Waals surface area (Å²) in [5, 5.41) is 9.32. The smallest absolute Gasteiger partial charge is 0.241 e. The third-order valence-corrected chi connectivity index (χ3v) is 6.02. The molecule has 1 atom stereocenters. The number of hydrogen-bond donors (Lipinski definition) is 3. The fraction of sp³-hybridized carbons (Fsp3) is 0.200. The van der Waals surface area contributed by atoms with Gasteiger partial charge in [0.25, 0.3) is 0 Å². The number of anilines is 1. The number of nitrogens with one attached hydrogen (secondary N) is 1. The molecule has 0 fully saturated rings. The van der Waals surface area contributed by atoms with Crippen LogP contribution < -0.4 is 10.5 Å². The first-order chi connectivity index (χ1) is 13.9. The quantitative estimate of drug-likeness (QED) is 0.545. The van der Waals surface area contributed by atoms with Crippen LogP contribution in [0.3, 0.4) is 0 Å². The molecule has 3 rings (SSSR count). The van der Waals surface area contributed by atoms with Crippen molar-refractivity contribution >= 4 is 15.8 Å². The summed E-state index contributed by atoms with van der Waals surface area (Å²) < 4.78 is 42.9. The van der Waals surface area contributed by atoms with Crippen LogP contribution in [0.5, 0.6) is 0 Å². The molecule has 0 bridgehead atoms. The second-order valence-electron chi connectivity index (χ2n) is 6.43. The summed E-state index contributed by atoms with van der Waals surface area (Å²) in [7, 11) is -3.91. The normalized spacial score (nSPS) is 12.7. The molecule has 7 nitrogen and oxygen atoms in total. The zero-order chi connectivity index (χ0) is 21.0. The Balaban J connectivity index is 2.02. The second kappa shape index (κ2) is 8.64. The summed E-state index contributed by atoms with van der Waals surface area (Å²) in [6.07, 6.45) is 3.14. The van der Waals surface area contributed by atoms with Crippen molar-refractivity contribution in [1.29, 1.82) is 0 Å². The van der Waals surface area contributed by atoms with Gasteiger partial charge in [-0.3, -0.25) is 4.98 Å². The van der Waals surface area contributed by atoms with Crippen molar-refractivity contribution < 1.29 is 17.9 Å². The minimum atomic E-state index is -3.91. The van der Waals surface area contributed by atoms with E-state index < -0.39 is 21.9 Å². The van der Waals surface area contributed by atoms with E-state index in [0.29, 0.717) is 23.2 Å². The van der Waals surface area contributed by atoms with Crippen LogP contribution in [0.1, 0.15) is 13.3 Å². The Kier molecular flexibility index (Phi) is 6.21. The number of hydrogen-bond acceptors (Lipinski definition) is 6. The van der Waals surface area contributed by atoms with E-state index in [1.54, 1.807) is 31.2 Å². The summed E-state index contributed by atoms with van der Waals surface area (Å²) in [6.45, 7) is 1.45. The molecule has 2 aromatic carbocycles. The van der Waals surface area contributed by atoms with Crippen LogP contribution in [0, 0.1) is 5.82 Å². The second-order valence-corrected chi connectivity index (χ2v) is 8.11. The maximum absolute atomic E-state index is 14.8. The van der Waals surface area contributed by atoms with Crippen LogP contribution in [0.4, 0.5) is 10.2 Å². The van der Waals surface area contributed by atoms with Crippen LogP contribution >= 0.6 is 0 Å². The highest BCUT2D eigenvalue weighted by Gasteiger charge is 2.22. The monoisotopic (exact) mass is 416 g/mol. The Morgan fingerprint density at radius 2 is 1.90 bits per heavy atom. The largest absolute Gasteiger partial charge is 0.395 e. The number of halogens is 1. The molecular formula is C20H21FN4O3S. The predicted octanol–water partition coefficient (Wildman–Crippen LogP) is 2.58. The number of nitrogen functional groups attached to an aromatic ring is 1. The van der Waals surface area contributed by atoms with Crippen LogP contribution in [0.25, 0.3) is 22.4 Å². The Labute approximate surface area is 168 Å². The molecule has 4 N–H and O–H groups in total. The first-order valence-electron chi connectivity index (χ1n) is 8.95. The average Bonchev–Trinajstić information content (AvgIpc) is 2.73. The van der Waals surface area contributed by atoms with Crippen molar-refractivity contribution in [1.82, 2.24) is 14.7 Å². The number of rotatable bonds is 7. The maximum atomic E-state index is 14.8. The van der Waals surface area contributed by atoms with Gasteiger partial charge in [-0.15, -0.1) is 0 Å². The van der Waals surface area contributed by atoms with Gasteiger partial charge in [0.1, 0.15) is 11.6 Å². The van der Waals surface area contributed by atoms with Gasteiger partial charge in [0.05, 0.1) is 29.6 Å². The first kappa shape index (κ1) is 20.8. The molecule has 0 saturated heterocycles. The number of aromatic nitrogens is 2. The highest BCUT2D eigenvalue weighted by atomic mass is 32.2. The average molecular weight is 416 g/mol. The molecule has 3 aromatic rings. The van der Waals surface area contributed by atoms with E-state index in [0.717, 1.165) is 0 Å². The van der Waals surface area contributed by atoms with Gasteiger partial charge in [-0.1, -0.05) is 31.2 Å². The van der Waals surface area contributed by atoms with Crippen LogP contribution in [-0.2, 0) is 10.0 Å². The molecule has 0 aliphatic rings. The van der Waals surface area contributed by atoms with Gasteiger partial charge in [-0.05, 0) is 30.2 Å². The van der Waals surface area contributed by atoms with E-state index >= 15 is 0 Å². The van der Waals surface area contributed by atoms with Gasteiger partial charge in [0.15, 0.2) is 0 Å². The summed E-state index contributed by atoms with van der Waals surface area (Å²) in [5.41, 5.74) is 6.80. The molecule has 9 heteroatoms. The van der Waals surface area contributed by atoms with Gasteiger partial charge >= 0.3 is 0 Å². The van der Waals surface area contributed by atoms with Crippen molar-refractivity contribution in [3.63, 3.8) is 0 Å². The third kappa shape index (κ3) is 4.58. The lowest BCUT2D eigenvalue weighted by Crippen LogP contribution is -2.37. The van der Waals surface area contributed by atoms with E-state index in [9.17, 15) is 17.9 Å². The number of sulfonamides is 1. The van der Waals surface area contributed by atoms with Gasteiger partial charge in [0.2, 0.25) is 10.0 Å². The van der Waals surface area contributed by atoms with E-state index in [1.165, 1.54) is 30.6 Å². The maximum Gasteiger partial charge on any atom is 0.241 e. The molecule has 0 aliphatic heterocycles. The Bertz CT molecular complexity index is 1100. The summed E-state index contributed by atoms with van der Waals surface area (Å²) >= 11 is 0. The fourth-order valence-corrected chi connectivity index (χ4v) is 4.38. The SMILES string of the molecule is CC[C@@H](CO)NS(=O)(=O)c1ccccc1-c1ccc(-c2cnc(N)cn2)c(F)c1. The predicted molar refractivity (Wildman–Crippen MR) is 109 cm³/mol. The summed E-state index contributed by atoms with van der Waals surface area (Å²) in [6, 6.07) is 10.1. The topological polar surface area (TPSA) is 118 Å². The molecule has 1 heterocycles. The van der Waals surface area contributed by atoms with Crippen molar-refractivity contribution in [3.8, 4) is 22.4 Å². The molecule has 0 unspecified atom stereocenters. The Morgan fingerprint density at radius 1 is 1.14 bits per heavy atom. The van der Waals surface area contributed by atoms with Gasteiger partial charge < -0.3 is 10.8 Å². The molecule has 0 saturated carbocycles. The number of aliphatic hydroxyl groups excluding tert-OH is 1. The number of benzene rings is 2. The van der Waals surface area contributed by atoms with Crippen LogP contribution in [-0.4, -0.2) is 36.1 Å². The minimum Gasteiger partial charge on any atom is -0.395 e. The van der Waals surface area contributed by atoms with Gasteiger partial charge in [0, 0.05) is 17.2 Å². The Hall–Kier alpha value is -2.88. The number of nitrogens with two attached hydrogens (primary N) is 1. The molecular weight excluding hydrogens is 395 g/mol. The van der Waals surface area contributed by atoms with Crippen molar-refractivity contribution in [2.45, 2.75) is 24.3 Å². The molecule has 152 valence electrons. The standard InChI is InChI=1S/C20H21FN4O3S/c1-2-14(12-26)25-29(27,28)19-6-4-3-5-15(19)13-7-8-16(17(21)9-13)18-10-24-20(22)11-23-18/h3-11,14,25-26H,2,12H2,1H3,(H2,22,24)/t14-/m0/s1. The first-order valence-corrected chi connectivity index (χ1v) is 10.4. The summed E-state index contributed by atoms with van der Waals surface area (Å²) in [4.78, 5) is 7.98. The summed E-state index contributed by atoms with van der Waals surface area (Å²) in [5.74, 6) is -0.339. The highest BCUT2D eigenvalue weighted by molar-refractivity contribution is 7.89. The Morgan fingerprint density at radius 3 is 2.52 bits per heavy atom. The van der Waals surface area contributed by atoms with E-state index in [-0.39, 0.29) is 22.9 Å². The van der Waals surface area contributed by atoms with Crippen molar-refractivity contribution in [3.05, 3.63) is 60.7 Å². The zero-order valence-electron chi connectivity index (χ0n) is 15.7. The molecule has 0 amide bonds. The van der Waals surface area contributed by atoms with Crippen molar-refractivity contribution in [2.24, 2.45) is 0 Å². The molecule has 0 spiro atoms. The molecule has 29 heavy (non-hydrogen) atoms. The van der Waals surface area contributed by atoms with E-state index in [2.05, 4.69) is 14.7 Å². The lowest BCUT2D eigenvalue weighted by atomic mass is 10.0. The van der Waals surface area contributed by atoms with E-state index in [1.807, 2.05) is 0 Å². The fourth-order valence-electron chi connectivity index (χ4n) is 2.84. The molecule has 1 aromatic heterocycles. The highest BCUT2D eigenvalue weighted by Crippen LogP contribution is 2.31. The van der Waals surface area contributed by atoms with Gasteiger partial charge in [-0.25, -0.2) is 22.5 Å². The number of aliphatic hydroxyl groups is 1. The molecule has 0 aliphatic carbocycles. The molecule has 0 radical (unpaired) electrons. The third-order valence-electron chi connectivity index (χ3n) is 4.44. The zero-order valence-corrected chi connectivity index (χ0v) is 16.5. The lowest BCUT2D eigenvalue weighted by Gasteiger charge is -2.17. The van der Waals surface area contributed by atoms with E-state index in [4.69, 9.17) is 5.73 Å². The minimum absolute atomic E-state index is 0.00586. The van der Waals surface area contributed by atoms with Crippen LogP contribution in [0.15, 0.2) is 59.8 Å². The number of nitrogens with zero attached hydrogens (tertiary/aromatic N) is 2.